The fourth-order valence-electron chi connectivity index (χ4n) is 3.81. The lowest BCUT2D eigenvalue weighted by atomic mass is 10.1. The van der Waals surface area contributed by atoms with Crippen molar-refractivity contribution in [3.8, 4) is 0 Å². The molecule has 11 nitrogen and oxygen atoms in total. The Hall–Kier alpha value is -3.94. The molecule has 0 saturated carbocycles. The largest absolute Gasteiger partial charge is 0.511 e. The van der Waals surface area contributed by atoms with Gasteiger partial charge in [0.15, 0.2) is 0 Å². The van der Waals surface area contributed by atoms with Crippen LogP contribution in [-0.2, 0) is 20.6 Å². The van der Waals surface area contributed by atoms with E-state index in [1.165, 1.54) is 0 Å². The zero-order valence-corrected chi connectivity index (χ0v) is 25.2. The molecule has 0 bridgehead atoms. The molecule has 234 valence electrons. The normalized spacial score (nSPS) is 12.4. The Morgan fingerprint density at radius 3 is 2.38 bits per heavy atom. The molecule has 1 aromatic rings. The Kier molecular flexibility index (Phi) is 14.7. The molecule has 42 heavy (non-hydrogen) atoms. The first-order chi connectivity index (χ1) is 19.7. The van der Waals surface area contributed by atoms with Crippen LogP contribution in [0, 0.1) is 0 Å². The maximum Gasteiger partial charge on any atom is 0.416 e. The van der Waals surface area contributed by atoms with E-state index < -0.39 is 30.1 Å². The predicted molar refractivity (Wildman–Crippen MR) is 157 cm³/mol. The highest BCUT2D eigenvalue weighted by atomic mass is 35.5. The number of hydrogen-bond donors (Lipinski definition) is 4. The molecule has 0 fully saturated rings. The third kappa shape index (κ3) is 10.8. The molecule has 1 aromatic carbocycles. The van der Waals surface area contributed by atoms with Crippen molar-refractivity contribution < 1.29 is 32.7 Å². The minimum Gasteiger partial charge on any atom is -0.511 e. The summed E-state index contributed by atoms with van der Waals surface area (Å²) in [6.45, 7) is 7.12. The number of allylic oxidation sites excluding steroid dienone is 3. The molecule has 15 heteroatoms. The Morgan fingerprint density at radius 2 is 1.88 bits per heavy atom. The maximum absolute atomic E-state index is 13.8. The smallest absolute Gasteiger partial charge is 0.416 e. The van der Waals surface area contributed by atoms with Gasteiger partial charge in [0, 0.05) is 65.3 Å². The van der Waals surface area contributed by atoms with E-state index in [-0.39, 0.29) is 35.3 Å². The minimum absolute atomic E-state index is 0.0752. The average molecular weight is 618 g/mol. The van der Waals surface area contributed by atoms with E-state index in [1.807, 2.05) is 6.92 Å². The van der Waals surface area contributed by atoms with E-state index in [1.54, 1.807) is 37.9 Å². The first-order valence-electron chi connectivity index (χ1n) is 13.1. The number of benzene rings is 1. The number of hydrazone groups is 1. The highest BCUT2D eigenvalue weighted by Gasteiger charge is 2.31. The van der Waals surface area contributed by atoms with Gasteiger partial charge < -0.3 is 30.9 Å². The second-order valence-electron chi connectivity index (χ2n) is 9.26. The van der Waals surface area contributed by atoms with Gasteiger partial charge in [-0.05, 0) is 38.0 Å². The molecule has 0 heterocycles. The summed E-state index contributed by atoms with van der Waals surface area (Å²) in [6.07, 6.45) is -2.90. The molecular weight excluding hydrogens is 579 g/mol. The summed E-state index contributed by atoms with van der Waals surface area (Å²) >= 11 is 5.94. The zero-order valence-electron chi connectivity index (χ0n) is 24.4. The van der Waals surface area contributed by atoms with Crippen molar-refractivity contribution >= 4 is 42.2 Å². The number of alkyl halides is 3. The minimum atomic E-state index is -4.61. The van der Waals surface area contributed by atoms with Gasteiger partial charge in [0.2, 0.25) is 12.3 Å². The van der Waals surface area contributed by atoms with E-state index in [4.69, 9.17) is 11.6 Å². The van der Waals surface area contributed by atoms with Crippen LogP contribution < -0.4 is 16.0 Å². The standard InChI is InChI=1S/C27H39ClF3N7O4/c1-7-21(32-3)25(37(14-12-34-17-39)13-8-9-23(40)18(2)36(5)6)26(42)38(33-4)16-24(41)35-22-11-10-19(15-20(22)28)27(29,30)31/h10-11,15,17,32,40H,4,7-9,12-14,16H2,1-3,5-6H3,(H,34,39)(H,35,41)/b23-18+,25-21+. The average Bonchev–Trinajstić information content (AvgIpc) is 2.93. The summed E-state index contributed by atoms with van der Waals surface area (Å²) in [5.41, 5.74) is 0.341. The van der Waals surface area contributed by atoms with Crippen LogP contribution >= 0.6 is 11.6 Å². The van der Waals surface area contributed by atoms with Crippen LogP contribution in [0.3, 0.4) is 0 Å². The van der Waals surface area contributed by atoms with Gasteiger partial charge in [-0.15, -0.1) is 0 Å². The summed E-state index contributed by atoms with van der Waals surface area (Å²) in [5.74, 6) is -1.26. The number of carbonyl (C=O) groups is 3. The lowest BCUT2D eigenvalue weighted by molar-refractivity contribution is -0.137. The molecule has 0 aliphatic heterocycles. The van der Waals surface area contributed by atoms with E-state index in [0.717, 1.165) is 17.1 Å². The van der Waals surface area contributed by atoms with Gasteiger partial charge in [0.1, 0.15) is 18.0 Å². The molecule has 0 spiro atoms. The van der Waals surface area contributed by atoms with Crippen molar-refractivity contribution in [2.75, 3.05) is 52.6 Å². The molecule has 0 radical (unpaired) electrons. The Labute approximate surface area is 249 Å². The van der Waals surface area contributed by atoms with Crippen molar-refractivity contribution in [1.29, 1.82) is 0 Å². The van der Waals surface area contributed by atoms with Gasteiger partial charge in [0.25, 0.3) is 5.91 Å². The highest BCUT2D eigenvalue weighted by Crippen LogP contribution is 2.33. The van der Waals surface area contributed by atoms with Crippen molar-refractivity contribution in [3.63, 3.8) is 0 Å². The van der Waals surface area contributed by atoms with Gasteiger partial charge >= 0.3 is 6.18 Å². The molecule has 4 N–H and O–H groups in total. The maximum atomic E-state index is 13.8. The monoisotopic (exact) mass is 617 g/mol. The highest BCUT2D eigenvalue weighted by molar-refractivity contribution is 6.33. The number of aliphatic hydroxyl groups excluding tert-OH is 1. The number of nitrogens with zero attached hydrogens (tertiary/aromatic N) is 4. The molecule has 3 amide bonds. The summed E-state index contributed by atoms with van der Waals surface area (Å²) in [7, 11) is 5.25. The lowest BCUT2D eigenvalue weighted by Crippen LogP contribution is -2.43. The van der Waals surface area contributed by atoms with Crippen LogP contribution in [0.4, 0.5) is 18.9 Å². The summed E-state index contributed by atoms with van der Waals surface area (Å²) in [4.78, 5) is 41.0. The number of hydrogen-bond acceptors (Lipinski definition) is 8. The number of nitrogens with one attached hydrogen (secondary N) is 3. The van der Waals surface area contributed by atoms with Crippen molar-refractivity contribution in [1.82, 2.24) is 25.4 Å². The van der Waals surface area contributed by atoms with Crippen molar-refractivity contribution in [2.45, 2.75) is 39.3 Å². The summed E-state index contributed by atoms with van der Waals surface area (Å²) in [6, 6.07) is 2.48. The Bertz CT molecular complexity index is 1170. The number of halogens is 4. The van der Waals surface area contributed by atoms with E-state index in [2.05, 4.69) is 27.8 Å². The molecule has 0 unspecified atom stereocenters. The Balaban J connectivity index is 3.26. The van der Waals surface area contributed by atoms with Gasteiger partial charge in [-0.3, -0.25) is 14.4 Å². The van der Waals surface area contributed by atoms with Gasteiger partial charge in [-0.1, -0.05) is 18.5 Å². The van der Waals surface area contributed by atoms with Crippen molar-refractivity contribution in [2.24, 2.45) is 5.10 Å². The van der Waals surface area contributed by atoms with Gasteiger partial charge in [-0.25, -0.2) is 5.01 Å². The number of carbonyl (C=O) groups excluding carboxylic acids is 3. The van der Waals surface area contributed by atoms with Crippen LogP contribution in [0.1, 0.15) is 38.7 Å². The van der Waals surface area contributed by atoms with E-state index in [0.29, 0.717) is 49.7 Å². The topological polar surface area (TPSA) is 130 Å². The first-order valence-corrected chi connectivity index (χ1v) is 13.4. The van der Waals surface area contributed by atoms with Crippen LogP contribution in [0.15, 0.2) is 46.2 Å². The third-order valence-corrected chi connectivity index (χ3v) is 6.58. The first kappa shape index (κ1) is 36.1. The number of aliphatic hydroxyl groups is 1. The number of amides is 3. The number of rotatable bonds is 17. The SMILES string of the molecule is C=NN(CC(=O)Nc1ccc(C(F)(F)F)cc1Cl)C(=O)/C(=C(/CC)NC)N(CCC/C(O)=C(/C)N(C)C)CCNC=O. The van der Waals surface area contributed by atoms with Crippen LogP contribution in [0.2, 0.25) is 5.02 Å². The Morgan fingerprint density at radius 1 is 1.21 bits per heavy atom. The molecule has 0 aliphatic carbocycles. The molecule has 0 atom stereocenters. The fourth-order valence-corrected chi connectivity index (χ4v) is 4.04. The summed E-state index contributed by atoms with van der Waals surface area (Å²) < 4.78 is 38.9. The molecule has 0 saturated heterocycles. The second kappa shape index (κ2) is 17.1. The quantitative estimate of drug-likeness (QED) is 0.0523. The lowest BCUT2D eigenvalue weighted by Gasteiger charge is -2.31. The van der Waals surface area contributed by atoms with Crippen LogP contribution in [0.25, 0.3) is 0 Å². The third-order valence-electron chi connectivity index (χ3n) is 6.27. The fraction of sp³-hybridized carbons (Fsp3) is 0.481. The van der Waals surface area contributed by atoms with E-state index in [9.17, 15) is 32.7 Å². The molecular formula is C27H39ClF3N7O4. The zero-order chi connectivity index (χ0) is 32.0. The molecule has 0 aromatic heterocycles. The van der Waals surface area contributed by atoms with E-state index >= 15 is 0 Å². The van der Waals surface area contributed by atoms with Gasteiger partial charge in [-0.2, -0.15) is 18.3 Å². The molecule has 1 rings (SSSR count). The van der Waals surface area contributed by atoms with Crippen LogP contribution in [0.5, 0.6) is 0 Å². The van der Waals surface area contributed by atoms with Crippen LogP contribution in [-0.4, -0.2) is 92.2 Å². The summed E-state index contributed by atoms with van der Waals surface area (Å²) in [5, 5.41) is 22.6. The predicted octanol–water partition coefficient (Wildman–Crippen LogP) is 3.76. The second-order valence-corrected chi connectivity index (χ2v) is 9.67. The number of anilines is 1. The van der Waals surface area contributed by atoms with Crippen molar-refractivity contribution in [3.05, 3.63) is 51.6 Å². The van der Waals surface area contributed by atoms with Gasteiger partial charge in [0.05, 0.1) is 16.3 Å². The molecule has 0 aliphatic rings.